The van der Waals surface area contributed by atoms with E-state index in [0.29, 0.717) is 25.8 Å². The summed E-state index contributed by atoms with van der Waals surface area (Å²) in [5.74, 6) is -3.63. The van der Waals surface area contributed by atoms with Gasteiger partial charge in [0, 0.05) is 6.54 Å². The van der Waals surface area contributed by atoms with E-state index in [9.17, 15) is 24.0 Å². The minimum Gasteiger partial charge on any atom is -0.480 e. The Labute approximate surface area is 163 Å². The fourth-order valence-corrected chi connectivity index (χ4v) is 3.02. The zero-order valence-electron chi connectivity index (χ0n) is 16.1. The molecule has 3 atom stereocenters. The van der Waals surface area contributed by atoms with E-state index in [0.717, 1.165) is 0 Å². The van der Waals surface area contributed by atoms with Crippen molar-refractivity contribution >= 4 is 29.6 Å². The van der Waals surface area contributed by atoms with Crippen LogP contribution in [0.4, 0.5) is 0 Å². The lowest BCUT2D eigenvalue weighted by Crippen LogP contribution is -2.53. The van der Waals surface area contributed by atoms with Gasteiger partial charge in [0.25, 0.3) is 0 Å². The van der Waals surface area contributed by atoms with E-state index in [1.807, 2.05) is 13.8 Å². The molecule has 0 radical (unpaired) electrons. The summed E-state index contributed by atoms with van der Waals surface area (Å²) in [7, 11) is 0. The molecule has 7 N–H and O–H groups in total. The molecule has 28 heavy (non-hydrogen) atoms. The van der Waals surface area contributed by atoms with Crippen molar-refractivity contribution in [3.8, 4) is 0 Å². The molecule has 3 unspecified atom stereocenters. The van der Waals surface area contributed by atoms with Crippen molar-refractivity contribution in [2.75, 3.05) is 13.1 Å². The van der Waals surface area contributed by atoms with Gasteiger partial charge in [-0.05, 0) is 25.2 Å². The Morgan fingerprint density at radius 1 is 1.21 bits per heavy atom. The molecule has 1 saturated heterocycles. The average molecular weight is 399 g/mol. The maximum absolute atomic E-state index is 12.4. The zero-order chi connectivity index (χ0) is 21.4. The van der Waals surface area contributed by atoms with Crippen LogP contribution in [0.1, 0.15) is 39.5 Å². The smallest absolute Gasteiger partial charge is 0.326 e. The Kier molecular flexibility index (Phi) is 8.83. The predicted molar refractivity (Wildman–Crippen MR) is 98.6 cm³/mol. The van der Waals surface area contributed by atoms with E-state index < -0.39 is 54.1 Å². The highest BCUT2D eigenvalue weighted by Crippen LogP contribution is 2.18. The second kappa shape index (κ2) is 10.6. The van der Waals surface area contributed by atoms with E-state index in [1.54, 1.807) is 0 Å². The second-order valence-corrected chi connectivity index (χ2v) is 7.27. The molecule has 0 aliphatic carbocycles. The first kappa shape index (κ1) is 23.3. The quantitative estimate of drug-likeness (QED) is 0.279. The van der Waals surface area contributed by atoms with Crippen LogP contribution in [0, 0.1) is 5.92 Å². The average Bonchev–Trinajstić information content (AvgIpc) is 3.07. The Hall–Kier alpha value is -2.69. The monoisotopic (exact) mass is 399 g/mol. The number of rotatable bonds is 10. The third kappa shape index (κ3) is 7.14. The minimum atomic E-state index is -1.46. The van der Waals surface area contributed by atoms with Crippen molar-refractivity contribution in [3.63, 3.8) is 0 Å². The summed E-state index contributed by atoms with van der Waals surface area (Å²) in [6.07, 6.45) is 0.830. The van der Waals surface area contributed by atoms with Crippen LogP contribution in [0.5, 0.6) is 0 Å². The van der Waals surface area contributed by atoms with Crippen molar-refractivity contribution in [1.82, 2.24) is 15.5 Å². The van der Waals surface area contributed by atoms with Crippen LogP contribution < -0.4 is 22.1 Å². The third-order valence-electron chi connectivity index (χ3n) is 4.37. The highest BCUT2D eigenvalue weighted by molar-refractivity contribution is 5.94. The number of carbonyl (C=O) groups excluding carboxylic acids is 4. The summed E-state index contributed by atoms with van der Waals surface area (Å²) >= 11 is 0. The topological polar surface area (TPSA) is 185 Å². The summed E-state index contributed by atoms with van der Waals surface area (Å²) in [5, 5.41) is 13.8. The van der Waals surface area contributed by atoms with Crippen LogP contribution in [-0.2, 0) is 24.0 Å². The molecular weight excluding hydrogens is 370 g/mol. The largest absolute Gasteiger partial charge is 0.480 e. The maximum atomic E-state index is 12.4. The number of primary amides is 1. The fourth-order valence-electron chi connectivity index (χ4n) is 3.02. The highest BCUT2D eigenvalue weighted by Gasteiger charge is 2.36. The molecule has 0 spiro atoms. The van der Waals surface area contributed by atoms with Crippen molar-refractivity contribution in [3.05, 3.63) is 0 Å². The molecule has 0 bridgehead atoms. The molecule has 0 aromatic heterocycles. The molecule has 1 heterocycles. The van der Waals surface area contributed by atoms with E-state index in [4.69, 9.17) is 16.6 Å². The van der Waals surface area contributed by atoms with E-state index in [1.165, 1.54) is 4.90 Å². The van der Waals surface area contributed by atoms with Gasteiger partial charge in [0.1, 0.15) is 12.1 Å². The normalized spacial score (nSPS) is 18.4. The van der Waals surface area contributed by atoms with Gasteiger partial charge >= 0.3 is 5.97 Å². The van der Waals surface area contributed by atoms with Crippen LogP contribution in [0.2, 0.25) is 0 Å². The second-order valence-electron chi connectivity index (χ2n) is 7.27. The molecule has 158 valence electrons. The van der Waals surface area contributed by atoms with Crippen molar-refractivity contribution in [2.45, 2.75) is 57.7 Å². The number of hydrogen-bond acceptors (Lipinski definition) is 6. The number of carbonyl (C=O) groups is 5. The predicted octanol–water partition coefficient (Wildman–Crippen LogP) is -2.09. The first-order valence-corrected chi connectivity index (χ1v) is 9.17. The third-order valence-corrected chi connectivity index (χ3v) is 4.37. The number of nitrogens with two attached hydrogens (primary N) is 2. The van der Waals surface area contributed by atoms with E-state index in [2.05, 4.69) is 10.6 Å². The van der Waals surface area contributed by atoms with Crippen molar-refractivity contribution in [2.24, 2.45) is 17.4 Å². The van der Waals surface area contributed by atoms with Gasteiger partial charge < -0.3 is 32.1 Å². The SMILES string of the molecule is CC(C)CC(N)C(=O)NCC(=O)N1CCCC1C(=O)NC(CC(N)=O)C(=O)O. The summed E-state index contributed by atoms with van der Waals surface area (Å²) in [4.78, 5) is 60.1. The standard InChI is InChI=1S/C17H29N5O6/c1-9(2)6-10(18)15(25)20-8-14(24)22-5-3-4-12(22)16(26)21-11(17(27)28)7-13(19)23/h9-12H,3-8,18H2,1-2H3,(H2,19,23)(H,20,25)(H,21,26)(H,27,28). The lowest BCUT2D eigenvalue weighted by molar-refractivity contribution is -0.145. The van der Waals surface area contributed by atoms with Crippen molar-refractivity contribution < 1.29 is 29.1 Å². The molecule has 11 heteroatoms. The number of nitrogens with zero attached hydrogens (tertiary/aromatic N) is 1. The molecule has 1 aliphatic heterocycles. The Morgan fingerprint density at radius 3 is 2.39 bits per heavy atom. The molecule has 0 saturated carbocycles. The zero-order valence-corrected chi connectivity index (χ0v) is 16.1. The summed E-state index contributed by atoms with van der Waals surface area (Å²) < 4.78 is 0. The molecule has 1 fully saturated rings. The number of aliphatic carboxylic acids is 1. The molecule has 1 aliphatic rings. The van der Waals surface area contributed by atoms with Gasteiger partial charge in [0.15, 0.2) is 0 Å². The number of hydrogen-bond donors (Lipinski definition) is 5. The van der Waals surface area contributed by atoms with E-state index >= 15 is 0 Å². The Balaban J connectivity index is 2.64. The van der Waals surface area contributed by atoms with Crippen molar-refractivity contribution in [1.29, 1.82) is 0 Å². The lowest BCUT2D eigenvalue weighted by Gasteiger charge is -2.25. The molecular formula is C17H29N5O6. The maximum Gasteiger partial charge on any atom is 0.326 e. The van der Waals surface area contributed by atoms with Gasteiger partial charge in [-0.2, -0.15) is 0 Å². The number of likely N-dealkylation sites (tertiary alicyclic amines) is 1. The minimum absolute atomic E-state index is 0.227. The molecule has 0 aromatic rings. The highest BCUT2D eigenvalue weighted by atomic mass is 16.4. The summed E-state index contributed by atoms with van der Waals surface area (Å²) in [6.45, 7) is 3.85. The number of nitrogens with one attached hydrogen (secondary N) is 2. The number of amides is 4. The first-order chi connectivity index (χ1) is 13.0. The molecule has 4 amide bonds. The van der Waals surface area contributed by atoms with Crippen LogP contribution >= 0.6 is 0 Å². The van der Waals surface area contributed by atoms with Gasteiger partial charge in [-0.3, -0.25) is 19.2 Å². The molecule has 11 nitrogen and oxygen atoms in total. The summed E-state index contributed by atoms with van der Waals surface area (Å²) in [6, 6.07) is -3.06. The van der Waals surface area contributed by atoms with Crippen LogP contribution in [0.25, 0.3) is 0 Å². The van der Waals surface area contributed by atoms with Gasteiger partial charge in [0.2, 0.25) is 23.6 Å². The molecule has 0 aromatic carbocycles. The Bertz CT molecular complexity index is 623. The molecule has 1 rings (SSSR count). The van der Waals surface area contributed by atoms with Crippen LogP contribution in [0.3, 0.4) is 0 Å². The van der Waals surface area contributed by atoms with Gasteiger partial charge in [-0.15, -0.1) is 0 Å². The van der Waals surface area contributed by atoms with E-state index in [-0.39, 0.29) is 12.5 Å². The fraction of sp³-hybridized carbons (Fsp3) is 0.706. The van der Waals surface area contributed by atoms with Crippen LogP contribution in [-0.4, -0.2) is 70.8 Å². The van der Waals surface area contributed by atoms with Crippen LogP contribution in [0.15, 0.2) is 0 Å². The number of carboxylic acid groups (broad SMARTS) is 1. The number of carboxylic acids is 1. The van der Waals surface area contributed by atoms with Gasteiger partial charge in [0.05, 0.1) is 19.0 Å². The Morgan fingerprint density at radius 2 is 1.86 bits per heavy atom. The first-order valence-electron chi connectivity index (χ1n) is 9.17. The lowest BCUT2D eigenvalue weighted by atomic mass is 10.0. The summed E-state index contributed by atoms with van der Waals surface area (Å²) in [5.41, 5.74) is 10.8. The van der Waals surface area contributed by atoms with Gasteiger partial charge in [-0.1, -0.05) is 13.8 Å². The van der Waals surface area contributed by atoms with Gasteiger partial charge in [-0.25, -0.2) is 4.79 Å².